The average molecular weight is 294 g/mol. The predicted molar refractivity (Wildman–Crippen MR) is 78.9 cm³/mol. The smallest absolute Gasteiger partial charge is 0.285 e. The zero-order valence-corrected chi connectivity index (χ0v) is 11.7. The second-order valence-corrected chi connectivity index (χ2v) is 4.62. The molecule has 0 unspecified atom stereocenters. The lowest BCUT2D eigenvalue weighted by atomic mass is 10.3. The molecule has 0 radical (unpaired) electrons. The van der Waals surface area contributed by atoms with Gasteiger partial charge in [0.2, 0.25) is 0 Å². The predicted octanol–water partition coefficient (Wildman–Crippen LogP) is 1.41. The number of halogens is 1. The van der Waals surface area contributed by atoms with Gasteiger partial charge in [-0.3, -0.25) is 9.78 Å². The molecule has 0 saturated heterocycles. The maximum atomic E-state index is 11.2. The van der Waals surface area contributed by atoms with Crippen LogP contribution in [0.25, 0.3) is 0 Å². The molecule has 2 heterocycles. The topological polar surface area (TPSA) is 82.7 Å². The van der Waals surface area contributed by atoms with Crippen LogP contribution in [0.5, 0.6) is 0 Å². The fraction of sp³-hybridized carbons (Fsp3) is 0.308. The molecule has 2 aromatic rings. The Labute approximate surface area is 121 Å². The molecule has 106 valence electrons. The van der Waals surface area contributed by atoms with Gasteiger partial charge in [-0.2, -0.15) is 5.10 Å². The van der Waals surface area contributed by atoms with E-state index in [1.807, 2.05) is 18.3 Å². The molecule has 0 aliphatic heterocycles. The van der Waals surface area contributed by atoms with Crippen molar-refractivity contribution in [1.29, 1.82) is 0 Å². The maximum Gasteiger partial charge on any atom is 0.285 e. The zero-order valence-electron chi connectivity index (χ0n) is 10.9. The van der Waals surface area contributed by atoms with Crippen LogP contribution < -0.4 is 16.2 Å². The van der Waals surface area contributed by atoms with Crippen molar-refractivity contribution < 1.29 is 0 Å². The van der Waals surface area contributed by atoms with Gasteiger partial charge in [0.1, 0.15) is 5.02 Å². The van der Waals surface area contributed by atoms with Gasteiger partial charge in [-0.15, -0.1) is 0 Å². The highest BCUT2D eigenvalue weighted by molar-refractivity contribution is 6.32. The van der Waals surface area contributed by atoms with Gasteiger partial charge in [0.05, 0.1) is 11.9 Å². The maximum absolute atomic E-state index is 11.2. The van der Waals surface area contributed by atoms with Gasteiger partial charge in [-0.25, -0.2) is 5.10 Å². The lowest BCUT2D eigenvalue weighted by Crippen LogP contribution is -2.18. The van der Waals surface area contributed by atoms with Crippen LogP contribution in [0, 0.1) is 0 Å². The first-order valence-corrected chi connectivity index (χ1v) is 6.72. The number of H-pyrrole nitrogens is 1. The van der Waals surface area contributed by atoms with Crippen molar-refractivity contribution >= 4 is 17.3 Å². The number of anilines is 1. The first-order valence-electron chi connectivity index (χ1n) is 6.34. The number of aromatic nitrogens is 3. The third-order valence-electron chi connectivity index (χ3n) is 2.69. The lowest BCUT2D eigenvalue weighted by molar-refractivity contribution is 0.662. The van der Waals surface area contributed by atoms with Crippen molar-refractivity contribution in [3.05, 3.63) is 51.7 Å². The minimum absolute atomic E-state index is 0.142. The molecule has 20 heavy (non-hydrogen) atoms. The molecule has 0 spiro atoms. The number of nitrogens with zero attached hydrogens (tertiary/aromatic N) is 2. The minimum Gasteiger partial charge on any atom is -0.382 e. The van der Waals surface area contributed by atoms with E-state index in [0.717, 1.165) is 25.1 Å². The van der Waals surface area contributed by atoms with Crippen molar-refractivity contribution in [3.63, 3.8) is 0 Å². The van der Waals surface area contributed by atoms with E-state index in [9.17, 15) is 4.79 Å². The second-order valence-electron chi connectivity index (χ2n) is 4.25. The molecule has 0 aliphatic rings. The highest BCUT2D eigenvalue weighted by Gasteiger charge is 2.03. The van der Waals surface area contributed by atoms with Gasteiger partial charge in [0.25, 0.3) is 5.56 Å². The monoisotopic (exact) mass is 293 g/mol. The number of hydrogen-bond acceptors (Lipinski definition) is 5. The minimum atomic E-state index is -0.383. The molecule has 0 fully saturated rings. The normalized spacial score (nSPS) is 10.4. The summed E-state index contributed by atoms with van der Waals surface area (Å²) in [6, 6.07) is 3.94. The van der Waals surface area contributed by atoms with E-state index >= 15 is 0 Å². The van der Waals surface area contributed by atoms with E-state index in [-0.39, 0.29) is 10.6 Å². The van der Waals surface area contributed by atoms with E-state index < -0.39 is 0 Å². The van der Waals surface area contributed by atoms with Gasteiger partial charge < -0.3 is 10.6 Å². The number of pyridine rings is 1. The molecule has 0 amide bonds. The number of nitrogens with one attached hydrogen (secondary N) is 3. The van der Waals surface area contributed by atoms with Crippen molar-refractivity contribution in [3.8, 4) is 0 Å². The summed E-state index contributed by atoms with van der Waals surface area (Å²) in [5.41, 5.74) is 1.33. The van der Waals surface area contributed by atoms with Crippen molar-refractivity contribution in [1.82, 2.24) is 20.5 Å². The molecule has 6 nitrogen and oxygen atoms in total. The van der Waals surface area contributed by atoms with Gasteiger partial charge >= 0.3 is 0 Å². The van der Waals surface area contributed by atoms with Gasteiger partial charge in [0, 0.05) is 25.5 Å². The van der Waals surface area contributed by atoms with Crippen LogP contribution in [0.4, 0.5) is 5.69 Å². The van der Waals surface area contributed by atoms with Crippen LogP contribution in [-0.2, 0) is 6.54 Å². The third-order valence-corrected chi connectivity index (χ3v) is 3.07. The van der Waals surface area contributed by atoms with E-state index in [2.05, 4.69) is 25.8 Å². The van der Waals surface area contributed by atoms with Crippen LogP contribution in [-0.4, -0.2) is 28.3 Å². The fourth-order valence-corrected chi connectivity index (χ4v) is 1.84. The molecular formula is C13H16ClN5O. The molecule has 0 aliphatic carbocycles. The molecule has 0 bridgehead atoms. The van der Waals surface area contributed by atoms with Crippen molar-refractivity contribution in [2.45, 2.75) is 13.0 Å². The number of hydrogen-bond donors (Lipinski definition) is 3. The molecule has 2 aromatic heterocycles. The van der Waals surface area contributed by atoms with E-state index in [0.29, 0.717) is 12.2 Å². The standard InChI is InChI=1S/C13H16ClN5O/c14-12-11(9-18-19-13(12)20)17-6-2-5-16-8-10-3-1-4-15-7-10/h1,3-4,7,9,16H,2,5-6,8H2,(H2,17,19,20). The summed E-state index contributed by atoms with van der Waals surface area (Å²) in [5.74, 6) is 0. The van der Waals surface area contributed by atoms with Crippen LogP contribution in [0.15, 0.2) is 35.5 Å². The molecule has 0 saturated carbocycles. The molecule has 0 atom stereocenters. The molecule has 7 heteroatoms. The SMILES string of the molecule is O=c1[nH]ncc(NCCCNCc2cccnc2)c1Cl. The second kappa shape index (κ2) is 7.62. The third kappa shape index (κ3) is 4.32. The number of aromatic amines is 1. The molecule has 2 rings (SSSR count). The average Bonchev–Trinajstić information content (AvgIpc) is 2.48. The summed E-state index contributed by atoms with van der Waals surface area (Å²) < 4.78 is 0. The summed E-state index contributed by atoms with van der Waals surface area (Å²) >= 11 is 5.84. The fourth-order valence-electron chi connectivity index (χ4n) is 1.68. The van der Waals surface area contributed by atoms with Crippen LogP contribution >= 0.6 is 11.6 Å². The summed E-state index contributed by atoms with van der Waals surface area (Å²) in [7, 11) is 0. The zero-order chi connectivity index (χ0) is 14.2. The molecular weight excluding hydrogens is 278 g/mol. The van der Waals surface area contributed by atoms with Crippen molar-refractivity contribution in [2.24, 2.45) is 0 Å². The molecule has 3 N–H and O–H groups in total. The van der Waals surface area contributed by atoms with Crippen LogP contribution in [0.3, 0.4) is 0 Å². The Morgan fingerprint density at radius 1 is 1.30 bits per heavy atom. The Balaban J connectivity index is 1.65. The Kier molecular flexibility index (Phi) is 5.52. The van der Waals surface area contributed by atoms with Crippen molar-refractivity contribution in [2.75, 3.05) is 18.4 Å². The summed E-state index contributed by atoms with van der Waals surface area (Å²) in [6.45, 7) is 2.36. The van der Waals surface area contributed by atoms with E-state index in [1.165, 1.54) is 6.20 Å². The summed E-state index contributed by atoms with van der Waals surface area (Å²) in [4.78, 5) is 15.3. The van der Waals surface area contributed by atoms with Gasteiger partial charge in [-0.05, 0) is 24.6 Å². The largest absolute Gasteiger partial charge is 0.382 e. The highest BCUT2D eigenvalue weighted by atomic mass is 35.5. The van der Waals surface area contributed by atoms with Crippen LogP contribution in [0.1, 0.15) is 12.0 Å². The highest BCUT2D eigenvalue weighted by Crippen LogP contribution is 2.13. The van der Waals surface area contributed by atoms with Crippen LogP contribution in [0.2, 0.25) is 5.02 Å². The van der Waals surface area contributed by atoms with E-state index in [1.54, 1.807) is 6.20 Å². The Morgan fingerprint density at radius 3 is 3.00 bits per heavy atom. The van der Waals surface area contributed by atoms with E-state index in [4.69, 9.17) is 11.6 Å². The van der Waals surface area contributed by atoms with Gasteiger partial charge in [0.15, 0.2) is 0 Å². The first-order chi connectivity index (χ1) is 9.77. The summed E-state index contributed by atoms with van der Waals surface area (Å²) in [6.07, 6.45) is 6.01. The number of rotatable bonds is 7. The quantitative estimate of drug-likeness (QED) is 0.672. The Bertz CT molecular complexity index is 587. The summed E-state index contributed by atoms with van der Waals surface area (Å²) in [5, 5.41) is 12.5. The molecule has 0 aromatic carbocycles. The van der Waals surface area contributed by atoms with Gasteiger partial charge in [-0.1, -0.05) is 17.7 Å². The lowest BCUT2D eigenvalue weighted by Gasteiger charge is -2.07. The first kappa shape index (κ1) is 14.5. The Hall–Kier alpha value is -1.92. The Morgan fingerprint density at radius 2 is 2.20 bits per heavy atom.